The SMILES string of the molecule is NC(CCC(=O)O)C(=O)O.[H-].[H-].[H-].[H-].[K+].[K+].[K+].[K+]. The standard InChI is InChI=1S/C5H9NO4.4K.4H/c6-3(5(9)10)1-2-4(7)8;;;;;;;;/h3H,1-2,6H2,(H,7,8)(H,9,10);;;;;;;;/q;4*+1;4*-1. The molecule has 0 fully saturated rings. The van der Waals surface area contributed by atoms with Gasteiger partial charge in [-0.05, 0) is 6.42 Å². The van der Waals surface area contributed by atoms with Crippen LogP contribution in [0.3, 0.4) is 0 Å². The second-order valence-electron chi connectivity index (χ2n) is 1.88. The van der Waals surface area contributed by atoms with E-state index in [-0.39, 0.29) is 224 Å². The molecule has 0 heterocycles. The minimum absolute atomic E-state index is 0. The molecule has 5 nitrogen and oxygen atoms in total. The molecule has 0 aromatic rings. The van der Waals surface area contributed by atoms with Crippen LogP contribution in [0.1, 0.15) is 18.5 Å². The van der Waals surface area contributed by atoms with Crippen molar-refractivity contribution in [2.75, 3.05) is 0 Å². The Hall–Kier alpha value is 5.45. The van der Waals surface area contributed by atoms with E-state index in [1.165, 1.54) is 0 Å². The van der Waals surface area contributed by atoms with E-state index in [1.54, 1.807) is 0 Å². The average molecular weight is 308 g/mol. The van der Waals surface area contributed by atoms with Gasteiger partial charge in [-0.15, -0.1) is 0 Å². The molecule has 0 amide bonds. The maximum Gasteiger partial charge on any atom is 1.00 e. The van der Waals surface area contributed by atoms with Crippen LogP contribution in [0.4, 0.5) is 0 Å². The summed E-state index contributed by atoms with van der Waals surface area (Å²) >= 11 is 0. The van der Waals surface area contributed by atoms with Crippen molar-refractivity contribution in [3.63, 3.8) is 0 Å². The topological polar surface area (TPSA) is 101 Å². The van der Waals surface area contributed by atoms with E-state index >= 15 is 0 Å². The predicted molar refractivity (Wildman–Crippen MR) is 36.9 cm³/mol. The number of nitrogens with two attached hydrogens (primary N) is 1. The molecule has 4 N–H and O–H groups in total. The summed E-state index contributed by atoms with van der Waals surface area (Å²) in [6.45, 7) is 0. The Morgan fingerprint density at radius 1 is 1.14 bits per heavy atom. The first-order valence-electron chi connectivity index (χ1n) is 2.74. The number of carboxylic acid groups (broad SMARTS) is 2. The van der Waals surface area contributed by atoms with Crippen molar-refractivity contribution in [2.45, 2.75) is 18.9 Å². The van der Waals surface area contributed by atoms with Crippen molar-refractivity contribution in [3.05, 3.63) is 0 Å². The molecule has 0 aromatic heterocycles. The fourth-order valence-electron chi connectivity index (χ4n) is 0.402. The minimum Gasteiger partial charge on any atom is -1.00 e. The molecule has 0 saturated carbocycles. The Bertz CT molecular complexity index is 170. The smallest absolute Gasteiger partial charge is 1.00 e. The first-order chi connectivity index (χ1) is 4.54. The summed E-state index contributed by atoms with van der Waals surface area (Å²) in [7, 11) is 0. The number of carboxylic acids is 2. The molecular weight excluding hydrogens is 294 g/mol. The third-order valence-corrected chi connectivity index (χ3v) is 0.986. The van der Waals surface area contributed by atoms with Crippen LogP contribution in [0.25, 0.3) is 0 Å². The van der Waals surface area contributed by atoms with Gasteiger partial charge in [0.1, 0.15) is 6.04 Å². The van der Waals surface area contributed by atoms with Crippen molar-refractivity contribution in [1.82, 2.24) is 0 Å². The van der Waals surface area contributed by atoms with E-state index in [1.807, 2.05) is 0 Å². The van der Waals surface area contributed by atoms with Crippen molar-refractivity contribution >= 4 is 11.9 Å². The van der Waals surface area contributed by atoms with Gasteiger partial charge >= 0.3 is 217 Å². The van der Waals surface area contributed by atoms with Gasteiger partial charge in [-0.2, -0.15) is 0 Å². The van der Waals surface area contributed by atoms with Crippen molar-refractivity contribution in [2.24, 2.45) is 5.73 Å². The minimum atomic E-state index is -1.17. The van der Waals surface area contributed by atoms with Gasteiger partial charge in [0, 0.05) is 6.42 Å². The average Bonchev–Trinajstić information content (AvgIpc) is 1.82. The molecular formula is C5H13K4NO4. The Kier molecular flexibility index (Phi) is 47.0. The molecule has 0 aliphatic carbocycles. The Labute approximate surface area is 259 Å². The summed E-state index contributed by atoms with van der Waals surface area (Å²) < 4.78 is 0. The molecule has 66 valence electrons. The molecule has 0 aliphatic heterocycles. The van der Waals surface area contributed by atoms with Gasteiger partial charge in [-0.25, -0.2) is 0 Å². The summed E-state index contributed by atoms with van der Waals surface area (Å²) in [5.74, 6) is -2.20. The third kappa shape index (κ3) is 22.6. The summed E-state index contributed by atoms with van der Waals surface area (Å²) in [5.41, 5.74) is 5.00. The zero-order chi connectivity index (χ0) is 8.15. The molecule has 0 aromatic carbocycles. The van der Waals surface area contributed by atoms with Gasteiger partial charge in [0.25, 0.3) is 0 Å². The number of hydrogen-bond acceptors (Lipinski definition) is 3. The molecule has 0 spiro atoms. The zero-order valence-corrected chi connectivity index (χ0v) is 21.8. The van der Waals surface area contributed by atoms with E-state index in [4.69, 9.17) is 15.9 Å². The van der Waals surface area contributed by atoms with E-state index in [0.29, 0.717) is 0 Å². The largest absolute Gasteiger partial charge is 1.00 e. The second-order valence-corrected chi connectivity index (χ2v) is 1.88. The van der Waals surface area contributed by atoms with Crippen molar-refractivity contribution in [3.8, 4) is 0 Å². The van der Waals surface area contributed by atoms with Crippen LogP contribution in [0.5, 0.6) is 0 Å². The molecule has 0 aliphatic rings. The summed E-state index contributed by atoms with van der Waals surface area (Å²) in [6, 6.07) is -1.06. The fourth-order valence-corrected chi connectivity index (χ4v) is 0.402. The van der Waals surface area contributed by atoms with E-state index in [2.05, 4.69) is 0 Å². The maximum atomic E-state index is 9.99. The third-order valence-electron chi connectivity index (χ3n) is 0.986. The zero-order valence-electron chi connectivity index (χ0n) is 13.3. The molecule has 1 atom stereocenters. The molecule has 14 heavy (non-hydrogen) atoms. The number of aliphatic carboxylic acids is 2. The maximum absolute atomic E-state index is 9.99. The van der Waals surface area contributed by atoms with Crippen LogP contribution in [0, 0.1) is 0 Å². The van der Waals surface area contributed by atoms with E-state index in [0.717, 1.165) is 0 Å². The summed E-state index contributed by atoms with van der Waals surface area (Å²) in [6.07, 6.45) is -0.224. The number of carbonyl (C=O) groups is 2. The van der Waals surface area contributed by atoms with Gasteiger partial charge in [0.2, 0.25) is 0 Å². The van der Waals surface area contributed by atoms with Crippen molar-refractivity contribution < 1.29 is 231 Å². The van der Waals surface area contributed by atoms with Gasteiger partial charge < -0.3 is 21.7 Å². The molecule has 1 unspecified atom stereocenters. The number of rotatable bonds is 4. The quantitative estimate of drug-likeness (QED) is 0.448. The van der Waals surface area contributed by atoms with Crippen molar-refractivity contribution in [1.29, 1.82) is 0 Å². The van der Waals surface area contributed by atoms with Crippen LogP contribution in [0.2, 0.25) is 0 Å². The molecule has 0 rings (SSSR count). The second kappa shape index (κ2) is 20.8. The molecule has 0 radical (unpaired) electrons. The Balaban J connectivity index is -0.0000000145. The van der Waals surface area contributed by atoms with Crippen LogP contribution in [-0.2, 0) is 9.59 Å². The molecule has 9 heteroatoms. The Morgan fingerprint density at radius 2 is 1.50 bits per heavy atom. The molecule has 0 saturated heterocycles. The first-order valence-corrected chi connectivity index (χ1v) is 2.74. The summed E-state index contributed by atoms with van der Waals surface area (Å²) in [4.78, 5) is 19.9. The Morgan fingerprint density at radius 3 is 1.71 bits per heavy atom. The monoisotopic (exact) mass is 307 g/mol. The fraction of sp³-hybridized carbons (Fsp3) is 0.600. The van der Waals surface area contributed by atoms with Crippen LogP contribution in [-0.4, -0.2) is 28.2 Å². The van der Waals surface area contributed by atoms with E-state index in [9.17, 15) is 9.59 Å². The van der Waals surface area contributed by atoms with Gasteiger partial charge in [-0.1, -0.05) is 0 Å². The predicted octanol–water partition coefficient (Wildman–Crippen LogP) is -12.3. The number of hydrogen-bond donors (Lipinski definition) is 3. The first kappa shape index (κ1) is 31.7. The summed E-state index contributed by atoms with van der Waals surface area (Å²) in [5, 5.41) is 16.3. The molecule has 0 bridgehead atoms. The van der Waals surface area contributed by atoms with Gasteiger partial charge in [0.15, 0.2) is 0 Å². The van der Waals surface area contributed by atoms with Crippen LogP contribution < -0.4 is 211 Å². The van der Waals surface area contributed by atoms with Crippen LogP contribution >= 0.6 is 0 Å². The van der Waals surface area contributed by atoms with E-state index < -0.39 is 18.0 Å². The van der Waals surface area contributed by atoms with Gasteiger partial charge in [-0.3, -0.25) is 9.59 Å². The van der Waals surface area contributed by atoms with Crippen LogP contribution in [0.15, 0.2) is 0 Å². The van der Waals surface area contributed by atoms with Gasteiger partial charge in [0.05, 0.1) is 0 Å². The normalized spacial score (nSPS) is 8.93.